The molecule has 0 spiro atoms. The van der Waals surface area contributed by atoms with Gasteiger partial charge in [0.1, 0.15) is 23.9 Å². The first-order valence-electron chi connectivity index (χ1n) is 11.3. The minimum atomic E-state index is -0.200. The number of ether oxygens (including phenoxy) is 3. The molecule has 0 aliphatic carbocycles. The number of hydrogen-bond donors (Lipinski definition) is 1. The molecule has 0 atom stereocenters. The van der Waals surface area contributed by atoms with Crippen LogP contribution in [0.4, 0.5) is 0 Å². The van der Waals surface area contributed by atoms with E-state index in [2.05, 4.69) is 20.6 Å². The molecule has 0 bridgehead atoms. The third-order valence-corrected chi connectivity index (χ3v) is 5.32. The van der Waals surface area contributed by atoms with Gasteiger partial charge in [-0.1, -0.05) is 18.2 Å². The Hall–Kier alpha value is -4.92. The number of rotatable bonds is 9. The first-order chi connectivity index (χ1) is 17.7. The number of amides is 1. The molecule has 9 heteroatoms. The highest BCUT2D eigenvalue weighted by Gasteiger charge is 2.11. The third kappa shape index (κ3) is 5.25. The van der Waals surface area contributed by atoms with Gasteiger partial charge in [-0.3, -0.25) is 4.79 Å². The predicted octanol–water partition coefficient (Wildman–Crippen LogP) is 4.40. The van der Waals surface area contributed by atoms with E-state index in [9.17, 15) is 4.79 Å². The summed E-state index contributed by atoms with van der Waals surface area (Å²) in [4.78, 5) is 12.5. The van der Waals surface area contributed by atoms with Crippen molar-refractivity contribution in [3.8, 4) is 34.5 Å². The standard InChI is InChI=1S/C27H23N5O4/c1-34-21-11-7-19(8-12-21)26-30-29-24-15-16-25(31-32(24)26)35-18-17-28-27(33)20-9-13-23(14-10-20)36-22-5-3-2-4-6-22/h2-16H,17-18H2,1H3,(H,28,33). The van der Waals surface area contributed by atoms with E-state index in [1.54, 1.807) is 48.0 Å². The van der Waals surface area contributed by atoms with E-state index in [-0.39, 0.29) is 12.5 Å². The van der Waals surface area contributed by atoms with E-state index >= 15 is 0 Å². The molecule has 180 valence electrons. The van der Waals surface area contributed by atoms with Crippen molar-refractivity contribution in [2.75, 3.05) is 20.3 Å². The normalized spacial score (nSPS) is 10.7. The number of nitrogens with zero attached hydrogens (tertiary/aromatic N) is 4. The molecule has 1 N–H and O–H groups in total. The van der Waals surface area contributed by atoms with Gasteiger partial charge in [0.2, 0.25) is 5.88 Å². The van der Waals surface area contributed by atoms with Crippen LogP contribution in [0.15, 0.2) is 91.0 Å². The molecule has 36 heavy (non-hydrogen) atoms. The number of benzene rings is 3. The van der Waals surface area contributed by atoms with E-state index in [1.165, 1.54) is 0 Å². The molecule has 0 aliphatic heterocycles. The zero-order valence-electron chi connectivity index (χ0n) is 19.5. The number of para-hydroxylation sites is 1. The highest BCUT2D eigenvalue weighted by atomic mass is 16.5. The number of carbonyl (C=O) groups is 1. The molecular formula is C27H23N5O4. The molecular weight excluding hydrogens is 458 g/mol. The van der Waals surface area contributed by atoms with Gasteiger partial charge in [0.15, 0.2) is 11.5 Å². The maximum Gasteiger partial charge on any atom is 0.251 e. The summed E-state index contributed by atoms with van der Waals surface area (Å²) >= 11 is 0. The maximum atomic E-state index is 12.5. The Labute approximate surface area is 207 Å². The molecule has 2 heterocycles. The third-order valence-electron chi connectivity index (χ3n) is 5.32. The fourth-order valence-electron chi connectivity index (χ4n) is 3.49. The van der Waals surface area contributed by atoms with Gasteiger partial charge < -0.3 is 19.5 Å². The molecule has 0 fully saturated rings. The number of methoxy groups -OCH3 is 1. The summed E-state index contributed by atoms with van der Waals surface area (Å²) in [7, 11) is 1.62. The first kappa shape index (κ1) is 22.9. The zero-order valence-corrected chi connectivity index (χ0v) is 19.5. The molecule has 9 nitrogen and oxygen atoms in total. The fourth-order valence-corrected chi connectivity index (χ4v) is 3.49. The summed E-state index contributed by atoms with van der Waals surface area (Å²) in [5, 5.41) is 15.7. The molecule has 0 radical (unpaired) electrons. The Bertz CT molecular complexity index is 1450. The zero-order chi connectivity index (χ0) is 24.7. The van der Waals surface area contributed by atoms with Crippen LogP contribution in [0.25, 0.3) is 17.0 Å². The van der Waals surface area contributed by atoms with Crippen LogP contribution >= 0.6 is 0 Å². The number of aromatic nitrogens is 4. The van der Waals surface area contributed by atoms with Crippen LogP contribution in [-0.4, -0.2) is 46.0 Å². The Kier molecular flexibility index (Phi) is 6.70. The maximum absolute atomic E-state index is 12.5. The average Bonchev–Trinajstić information content (AvgIpc) is 3.35. The van der Waals surface area contributed by atoms with Crippen molar-refractivity contribution in [1.82, 2.24) is 25.1 Å². The van der Waals surface area contributed by atoms with E-state index in [1.807, 2.05) is 54.6 Å². The van der Waals surface area contributed by atoms with E-state index in [4.69, 9.17) is 14.2 Å². The van der Waals surface area contributed by atoms with Gasteiger partial charge >= 0.3 is 0 Å². The van der Waals surface area contributed by atoms with Gasteiger partial charge in [0.05, 0.1) is 13.7 Å². The summed E-state index contributed by atoms with van der Waals surface area (Å²) in [5.74, 6) is 2.93. The largest absolute Gasteiger partial charge is 0.497 e. The van der Waals surface area contributed by atoms with Crippen LogP contribution in [0.2, 0.25) is 0 Å². The van der Waals surface area contributed by atoms with Crippen LogP contribution < -0.4 is 19.5 Å². The van der Waals surface area contributed by atoms with E-state index in [0.717, 1.165) is 17.1 Å². The Balaban J connectivity index is 1.15. The molecule has 1 amide bonds. The summed E-state index contributed by atoms with van der Waals surface area (Å²) in [6.07, 6.45) is 0. The van der Waals surface area contributed by atoms with Gasteiger partial charge in [0.25, 0.3) is 5.91 Å². The predicted molar refractivity (Wildman–Crippen MR) is 134 cm³/mol. The Morgan fingerprint density at radius 1 is 0.833 bits per heavy atom. The quantitative estimate of drug-likeness (QED) is 0.312. The van der Waals surface area contributed by atoms with Crippen LogP contribution in [0, 0.1) is 0 Å². The second kappa shape index (κ2) is 10.6. The lowest BCUT2D eigenvalue weighted by atomic mass is 10.2. The van der Waals surface area contributed by atoms with Gasteiger partial charge in [-0.25, -0.2) is 0 Å². The van der Waals surface area contributed by atoms with Crippen molar-refractivity contribution in [2.24, 2.45) is 0 Å². The summed E-state index contributed by atoms with van der Waals surface area (Å²) in [6.45, 7) is 0.563. The van der Waals surface area contributed by atoms with Crippen LogP contribution in [0.5, 0.6) is 23.1 Å². The topological polar surface area (TPSA) is 99.9 Å². The fraction of sp³-hybridized carbons (Fsp3) is 0.111. The van der Waals surface area contributed by atoms with Gasteiger partial charge in [-0.05, 0) is 66.7 Å². The van der Waals surface area contributed by atoms with Gasteiger partial charge in [-0.15, -0.1) is 15.3 Å². The Morgan fingerprint density at radius 3 is 2.31 bits per heavy atom. The number of carbonyl (C=O) groups excluding carboxylic acids is 1. The summed E-state index contributed by atoms with van der Waals surface area (Å²) in [6, 6.07) is 27.4. The summed E-state index contributed by atoms with van der Waals surface area (Å²) < 4.78 is 18.3. The van der Waals surface area contributed by atoms with Crippen LogP contribution in [0.1, 0.15) is 10.4 Å². The van der Waals surface area contributed by atoms with Crippen LogP contribution in [-0.2, 0) is 0 Å². The monoisotopic (exact) mass is 481 g/mol. The molecule has 0 saturated heterocycles. The second-order valence-electron chi connectivity index (χ2n) is 7.74. The minimum absolute atomic E-state index is 0.200. The van der Waals surface area contributed by atoms with Crippen molar-refractivity contribution in [2.45, 2.75) is 0 Å². The van der Waals surface area contributed by atoms with Crippen molar-refractivity contribution < 1.29 is 19.0 Å². The lowest BCUT2D eigenvalue weighted by molar-refractivity contribution is 0.0946. The van der Waals surface area contributed by atoms with Crippen molar-refractivity contribution in [3.05, 3.63) is 96.6 Å². The minimum Gasteiger partial charge on any atom is -0.497 e. The number of fused-ring (bicyclic) bond motifs is 1. The second-order valence-corrected chi connectivity index (χ2v) is 7.74. The van der Waals surface area contributed by atoms with Crippen molar-refractivity contribution in [3.63, 3.8) is 0 Å². The number of nitrogens with one attached hydrogen (secondary N) is 1. The lowest BCUT2D eigenvalue weighted by Gasteiger charge is -2.09. The molecule has 2 aromatic heterocycles. The average molecular weight is 482 g/mol. The molecule has 5 rings (SSSR count). The lowest BCUT2D eigenvalue weighted by Crippen LogP contribution is -2.28. The highest BCUT2D eigenvalue weighted by Crippen LogP contribution is 2.22. The molecule has 0 saturated carbocycles. The Morgan fingerprint density at radius 2 is 1.56 bits per heavy atom. The van der Waals surface area contributed by atoms with Gasteiger partial charge in [0, 0.05) is 17.2 Å². The SMILES string of the molecule is COc1ccc(-c2nnc3ccc(OCCNC(=O)c4ccc(Oc5ccccc5)cc4)nn23)cc1. The van der Waals surface area contributed by atoms with Crippen molar-refractivity contribution in [1.29, 1.82) is 0 Å². The summed E-state index contributed by atoms with van der Waals surface area (Å²) in [5.41, 5.74) is 1.98. The number of hydrogen-bond acceptors (Lipinski definition) is 7. The first-order valence-corrected chi connectivity index (χ1v) is 11.3. The van der Waals surface area contributed by atoms with E-state index in [0.29, 0.717) is 35.2 Å². The highest BCUT2D eigenvalue weighted by molar-refractivity contribution is 5.94. The van der Waals surface area contributed by atoms with Gasteiger partial charge in [-0.2, -0.15) is 4.52 Å². The smallest absolute Gasteiger partial charge is 0.251 e. The van der Waals surface area contributed by atoms with Crippen LogP contribution in [0.3, 0.4) is 0 Å². The van der Waals surface area contributed by atoms with E-state index < -0.39 is 0 Å². The molecule has 0 aliphatic rings. The van der Waals surface area contributed by atoms with Crippen molar-refractivity contribution >= 4 is 11.6 Å². The molecule has 0 unspecified atom stereocenters. The molecule has 5 aromatic rings. The molecule has 3 aromatic carbocycles.